The minimum Gasteiger partial charge on any atom is -0.469 e. The van der Waals surface area contributed by atoms with Gasteiger partial charge in [0, 0.05) is 18.5 Å². The van der Waals surface area contributed by atoms with Gasteiger partial charge in [0.2, 0.25) is 5.91 Å². The summed E-state index contributed by atoms with van der Waals surface area (Å²) in [6.45, 7) is 2.24. The number of thiophene rings is 1. The van der Waals surface area contributed by atoms with Gasteiger partial charge in [-0.1, -0.05) is 6.07 Å². The first-order valence-corrected chi connectivity index (χ1v) is 7.46. The lowest BCUT2D eigenvalue weighted by atomic mass is 10.1. The molecule has 2 aromatic heterocycles. The number of esters is 1. The molecular weight excluding hydrogens is 290 g/mol. The van der Waals surface area contributed by atoms with Crippen molar-refractivity contribution in [3.05, 3.63) is 23.1 Å². The number of hydrogen-bond acceptors (Lipinski definition) is 5. The second kappa shape index (κ2) is 5.33. The van der Waals surface area contributed by atoms with Gasteiger partial charge >= 0.3 is 5.97 Å². The molecule has 6 nitrogen and oxygen atoms in total. The number of anilines is 1. The molecule has 0 spiro atoms. The zero-order chi connectivity index (χ0) is 15.0. The van der Waals surface area contributed by atoms with E-state index in [1.807, 2.05) is 24.4 Å². The molecule has 2 aromatic rings. The predicted molar refractivity (Wildman–Crippen MR) is 79.1 cm³/mol. The third kappa shape index (κ3) is 2.33. The second-order valence-corrected chi connectivity index (χ2v) is 5.90. The van der Waals surface area contributed by atoms with Crippen LogP contribution in [0.25, 0.3) is 10.6 Å². The van der Waals surface area contributed by atoms with E-state index in [2.05, 4.69) is 10.2 Å². The highest BCUT2D eigenvalue weighted by Gasteiger charge is 2.37. The Kier molecular flexibility index (Phi) is 3.50. The van der Waals surface area contributed by atoms with Crippen LogP contribution in [0.4, 0.5) is 5.82 Å². The molecule has 1 unspecified atom stereocenters. The number of amides is 1. The molecule has 1 N–H and O–H groups in total. The van der Waals surface area contributed by atoms with Gasteiger partial charge < -0.3 is 4.74 Å². The molecule has 110 valence electrons. The molecule has 1 aliphatic rings. The van der Waals surface area contributed by atoms with Crippen LogP contribution < -0.4 is 4.90 Å². The van der Waals surface area contributed by atoms with Crippen LogP contribution in [0, 0.1) is 12.8 Å². The number of nitrogens with one attached hydrogen (secondary N) is 1. The van der Waals surface area contributed by atoms with Gasteiger partial charge in [-0.2, -0.15) is 5.10 Å². The Hall–Kier alpha value is -2.15. The summed E-state index contributed by atoms with van der Waals surface area (Å²) < 4.78 is 4.72. The van der Waals surface area contributed by atoms with Crippen molar-refractivity contribution in [1.82, 2.24) is 10.2 Å². The van der Waals surface area contributed by atoms with E-state index < -0.39 is 5.92 Å². The smallest absolute Gasteiger partial charge is 0.311 e. The number of aromatic nitrogens is 2. The third-order valence-corrected chi connectivity index (χ3v) is 4.55. The molecule has 0 aliphatic carbocycles. The van der Waals surface area contributed by atoms with Gasteiger partial charge in [0.15, 0.2) is 5.82 Å². The van der Waals surface area contributed by atoms with E-state index in [1.54, 1.807) is 16.2 Å². The van der Waals surface area contributed by atoms with Gasteiger partial charge in [0.05, 0.1) is 23.6 Å². The number of nitrogens with zero attached hydrogens (tertiary/aromatic N) is 2. The van der Waals surface area contributed by atoms with Crippen molar-refractivity contribution < 1.29 is 14.3 Å². The fraction of sp³-hybridized carbons (Fsp3) is 0.357. The van der Waals surface area contributed by atoms with Crippen LogP contribution in [0.5, 0.6) is 0 Å². The highest BCUT2D eigenvalue weighted by Crippen LogP contribution is 2.33. The van der Waals surface area contributed by atoms with Crippen LogP contribution in [0.15, 0.2) is 17.5 Å². The van der Waals surface area contributed by atoms with Crippen molar-refractivity contribution in [1.29, 1.82) is 0 Å². The van der Waals surface area contributed by atoms with E-state index in [0.717, 1.165) is 16.1 Å². The molecule has 0 aromatic carbocycles. The zero-order valence-electron chi connectivity index (χ0n) is 11.8. The minimum atomic E-state index is -0.413. The number of H-pyrrole nitrogens is 1. The topological polar surface area (TPSA) is 75.3 Å². The quantitative estimate of drug-likeness (QED) is 0.880. The first-order chi connectivity index (χ1) is 10.1. The highest BCUT2D eigenvalue weighted by molar-refractivity contribution is 7.13. The molecule has 1 fully saturated rings. The molecule has 0 radical (unpaired) electrons. The van der Waals surface area contributed by atoms with Crippen molar-refractivity contribution in [3.8, 4) is 10.6 Å². The van der Waals surface area contributed by atoms with Crippen molar-refractivity contribution >= 4 is 29.0 Å². The molecule has 0 saturated carbocycles. The fourth-order valence-corrected chi connectivity index (χ4v) is 3.33. The van der Waals surface area contributed by atoms with E-state index in [4.69, 9.17) is 4.74 Å². The summed E-state index contributed by atoms with van der Waals surface area (Å²) >= 11 is 1.61. The summed E-state index contributed by atoms with van der Waals surface area (Å²) in [5.41, 5.74) is 1.82. The molecule has 7 heteroatoms. The van der Waals surface area contributed by atoms with Crippen molar-refractivity contribution in [3.63, 3.8) is 0 Å². The zero-order valence-corrected chi connectivity index (χ0v) is 12.6. The van der Waals surface area contributed by atoms with Gasteiger partial charge in [-0.15, -0.1) is 11.3 Å². The molecule has 21 heavy (non-hydrogen) atoms. The standard InChI is InChI=1S/C14H15N3O3S/c1-8-12(10-4-3-5-21-10)15-16-13(8)17-7-9(6-11(17)18)14(19)20-2/h3-5,9H,6-7H2,1-2H3,(H,15,16). The van der Waals surface area contributed by atoms with Crippen molar-refractivity contribution in [2.45, 2.75) is 13.3 Å². The van der Waals surface area contributed by atoms with Crippen LogP contribution in [0.3, 0.4) is 0 Å². The van der Waals surface area contributed by atoms with Gasteiger partial charge in [0.25, 0.3) is 0 Å². The summed E-state index contributed by atoms with van der Waals surface area (Å²) in [4.78, 5) is 26.3. The number of methoxy groups -OCH3 is 1. The molecule has 1 amide bonds. The second-order valence-electron chi connectivity index (χ2n) is 4.95. The monoisotopic (exact) mass is 305 g/mol. The average molecular weight is 305 g/mol. The van der Waals surface area contributed by atoms with Crippen LogP contribution in [0.2, 0.25) is 0 Å². The Bertz CT molecular complexity index is 678. The third-order valence-electron chi connectivity index (χ3n) is 3.67. The number of rotatable bonds is 3. The predicted octanol–water partition coefficient (Wildman–Crippen LogP) is 1.97. The molecule has 3 rings (SSSR count). The van der Waals surface area contributed by atoms with Crippen molar-refractivity contribution in [2.75, 3.05) is 18.6 Å². The number of hydrogen-bond donors (Lipinski definition) is 1. The molecule has 0 bridgehead atoms. The van der Waals surface area contributed by atoms with Gasteiger partial charge in [-0.3, -0.25) is 19.6 Å². The Labute approximate surface area is 125 Å². The lowest BCUT2D eigenvalue weighted by Crippen LogP contribution is -2.27. The van der Waals surface area contributed by atoms with E-state index in [1.165, 1.54) is 7.11 Å². The van der Waals surface area contributed by atoms with E-state index >= 15 is 0 Å². The Morgan fingerprint density at radius 1 is 1.57 bits per heavy atom. The first-order valence-electron chi connectivity index (χ1n) is 6.59. The maximum absolute atomic E-state index is 12.1. The molecule has 1 aliphatic heterocycles. The van der Waals surface area contributed by atoms with Crippen LogP contribution in [-0.2, 0) is 14.3 Å². The summed E-state index contributed by atoms with van der Waals surface area (Å²) in [6.07, 6.45) is 0.174. The normalized spacial score (nSPS) is 18.3. The first kappa shape index (κ1) is 13.8. The lowest BCUT2D eigenvalue weighted by Gasteiger charge is -2.14. The SMILES string of the molecule is COC(=O)C1CC(=O)N(c2n[nH]c(-c3cccs3)c2C)C1. The maximum atomic E-state index is 12.1. The molecule has 1 saturated heterocycles. The number of ether oxygens (including phenoxy) is 1. The largest absolute Gasteiger partial charge is 0.469 e. The van der Waals surface area contributed by atoms with Gasteiger partial charge in [-0.25, -0.2) is 0 Å². The number of aromatic amines is 1. The molecule has 1 atom stereocenters. The Balaban J connectivity index is 1.88. The summed E-state index contributed by atoms with van der Waals surface area (Å²) in [7, 11) is 1.34. The summed E-state index contributed by atoms with van der Waals surface area (Å²) in [6, 6.07) is 3.96. The van der Waals surface area contributed by atoms with Crippen LogP contribution in [-0.4, -0.2) is 35.7 Å². The highest BCUT2D eigenvalue weighted by atomic mass is 32.1. The maximum Gasteiger partial charge on any atom is 0.311 e. The van der Waals surface area contributed by atoms with E-state index in [0.29, 0.717) is 12.4 Å². The van der Waals surface area contributed by atoms with Crippen LogP contribution in [0.1, 0.15) is 12.0 Å². The lowest BCUT2D eigenvalue weighted by molar-refractivity contribution is -0.145. The van der Waals surface area contributed by atoms with Gasteiger partial charge in [-0.05, 0) is 18.4 Å². The molecular formula is C14H15N3O3S. The van der Waals surface area contributed by atoms with E-state index in [-0.39, 0.29) is 18.3 Å². The Morgan fingerprint density at radius 3 is 3.05 bits per heavy atom. The summed E-state index contributed by atoms with van der Waals surface area (Å²) in [5, 5.41) is 9.23. The van der Waals surface area contributed by atoms with Gasteiger partial charge in [0.1, 0.15) is 0 Å². The number of carbonyl (C=O) groups excluding carboxylic acids is 2. The fourth-order valence-electron chi connectivity index (χ4n) is 2.55. The molecule has 3 heterocycles. The Morgan fingerprint density at radius 2 is 2.38 bits per heavy atom. The number of carbonyl (C=O) groups is 2. The average Bonchev–Trinajstić information content (AvgIpc) is 3.18. The van der Waals surface area contributed by atoms with Crippen molar-refractivity contribution in [2.24, 2.45) is 5.92 Å². The van der Waals surface area contributed by atoms with Crippen LogP contribution >= 0.6 is 11.3 Å². The summed E-state index contributed by atoms with van der Waals surface area (Å²) in [5.74, 6) is -0.270. The minimum absolute atomic E-state index is 0.0993. The van der Waals surface area contributed by atoms with E-state index in [9.17, 15) is 9.59 Å².